The Labute approximate surface area is 178 Å². The SMILES string of the molecule is C=[N+](CCC(C)(C)CC(C)CNC(=O)C(=O)NCCS)C(=O)C(=O)NCCS. The van der Waals surface area contributed by atoms with Crippen molar-refractivity contribution in [2.24, 2.45) is 11.3 Å². The smallest absolute Gasteiger partial charge is 0.348 e. The Morgan fingerprint density at radius 1 is 0.964 bits per heavy atom. The number of hydrogen-bond donors (Lipinski definition) is 5. The van der Waals surface area contributed by atoms with Crippen molar-refractivity contribution in [1.29, 1.82) is 0 Å². The molecule has 8 nitrogen and oxygen atoms in total. The van der Waals surface area contributed by atoms with Crippen molar-refractivity contribution < 1.29 is 23.8 Å². The molecule has 10 heteroatoms. The van der Waals surface area contributed by atoms with Crippen LogP contribution in [-0.2, 0) is 19.2 Å². The van der Waals surface area contributed by atoms with Gasteiger partial charge in [-0.1, -0.05) is 20.8 Å². The summed E-state index contributed by atoms with van der Waals surface area (Å²) in [5.74, 6) is -1.64. The normalized spacial score (nSPS) is 12.0. The molecular weight excluding hydrogens is 400 g/mol. The van der Waals surface area contributed by atoms with E-state index in [4.69, 9.17) is 0 Å². The van der Waals surface area contributed by atoms with Gasteiger partial charge >= 0.3 is 23.6 Å². The average Bonchev–Trinajstić information content (AvgIpc) is 2.65. The summed E-state index contributed by atoms with van der Waals surface area (Å²) in [5.41, 5.74) is -0.143. The van der Waals surface area contributed by atoms with Crippen LogP contribution in [-0.4, -0.2) is 72.6 Å². The predicted octanol–water partition coefficient (Wildman–Crippen LogP) is -0.123. The number of hydrogen-bond acceptors (Lipinski definition) is 6. The minimum absolute atomic E-state index is 0.129. The van der Waals surface area contributed by atoms with Crippen LogP contribution >= 0.6 is 25.3 Å². The van der Waals surface area contributed by atoms with Crippen LogP contribution < -0.4 is 16.0 Å². The Balaban J connectivity index is 4.35. The molecule has 0 aromatic heterocycles. The molecule has 1 unspecified atom stereocenters. The first-order valence-electron chi connectivity index (χ1n) is 9.22. The summed E-state index contributed by atoms with van der Waals surface area (Å²) in [6.45, 7) is 11.1. The van der Waals surface area contributed by atoms with Crippen LogP contribution in [0.2, 0.25) is 0 Å². The Hall–Kier alpha value is -1.55. The number of thiol groups is 2. The van der Waals surface area contributed by atoms with Crippen LogP contribution in [0.4, 0.5) is 0 Å². The lowest BCUT2D eigenvalue weighted by molar-refractivity contribution is -0.438. The van der Waals surface area contributed by atoms with Crippen LogP contribution in [0.25, 0.3) is 0 Å². The minimum atomic E-state index is -0.686. The monoisotopic (exact) mass is 433 g/mol. The molecule has 4 amide bonds. The zero-order chi connectivity index (χ0) is 21.7. The quantitative estimate of drug-likeness (QED) is 0.135. The largest absolute Gasteiger partial charge is 0.476 e. The fourth-order valence-corrected chi connectivity index (χ4v) is 2.87. The Morgan fingerprint density at radius 3 is 2.00 bits per heavy atom. The van der Waals surface area contributed by atoms with E-state index in [1.54, 1.807) is 0 Å². The molecular formula is C18H33N4O4S2+. The summed E-state index contributed by atoms with van der Waals surface area (Å²) >= 11 is 7.94. The highest BCUT2D eigenvalue weighted by atomic mass is 32.1. The third kappa shape index (κ3) is 11.3. The lowest BCUT2D eigenvalue weighted by atomic mass is 9.80. The van der Waals surface area contributed by atoms with Gasteiger partial charge in [0.25, 0.3) is 0 Å². The first-order chi connectivity index (χ1) is 13.0. The molecule has 0 aliphatic heterocycles. The highest BCUT2D eigenvalue weighted by molar-refractivity contribution is 7.80. The fraction of sp³-hybridized carbons (Fsp3) is 0.722. The lowest BCUT2D eigenvalue weighted by Gasteiger charge is -2.27. The fourth-order valence-electron chi connectivity index (χ4n) is 2.64. The summed E-state index contributed by atoms with van der Waals surface area (Å²) in [7, 11) is 0. The number of rotatable bonds is 11. The van der Waals surface area contributed by atoms with E-state index in [0.717, 1.165) is 11.0 Å². The summed E-state index contributed by atoms with van der Waals surface area (Å²) in [4.78, 5) is 46.8. The number of amides is 4. The highest BCUT2D eigenvalue weighted by Gasteiger charge is 2.28. The van der Waals surface area contributed by atoms with E-state index in [-0.39, 0.29) is 11.3 Å². The molecule has 0 fully saturated rings. The van der Waals surface area contributed by atoms with Crippen molar-refractivity contribution in [1.82, 2.24) is 16.0 Å². The van der Waals surface area contributed by atoms with Crippen molar-refractivity contribution in [2.75, 3.05) is 37.7 Å². The van der Waals surface area contributed by atoms with Gasteiger partial charge in [-0.05, 0) is 17.8 Å². The zero-order valence-corrected chi connectivity index (χ0v) is 18.7. The van der Waals surface area contributed by atoms with E-state index in [1.165, 1.54) is 0 Å². The first-order valence-corrected chi connectivity index (χ1v) is 10.5. The Kier molecular flexibility index (Phi) is 12.8. The van der Waals surface area contributed by atoms with Crippen molar-refractivity contribution in [3.8, 4) is 0 Å². The number of nitrogens with zero attached hydrogens (tertiary/aromatic N) is 1. The first kappa shape index (κ1) is 26.4. The molecule has 0 rings (SSSR count). The summed E-state index contributed by atoms with van der Waals surface area (Å²) < 4.78 is 1.16. The predicted molar refractivity (Wildman–Crippen MR) is 116 cm³/mol. The molecule has 3 N–H and O–H groups in total. The van der Waals surface area contributed by atoms with Gasteiger partial charge in [0.1, 0.15) is 6.72 Å². The van der Waals surface area contributed by atoms with Crippen LogP contribution in [0.3, 0.4) is 0 Å². The molecule has 0 saturated heterocycles. The van der Waals surface area contributed by atoms with Gasteiger partial charge < -0.3 is 16.0 Å². The second-order valence-electron chi connectivity index (χ2n) is 7.46. The summed E-state index contributed by atoms with van der Waals surface area (Å²) in [6, 6.07) is 0. The Bertz CT molecular complexity index is 582. The second-order valence-corrected chi connectivity index (χ2v) is 8.36. The standard InChI is InChI=1S/C18H32N4O4S2/c1-13(12-21-15(24)14(23)19-6-9-27)11-18(2,3)5-8-22(4)17(26)16(25)20-7-10-28/h13H,4-12H2,1-3H3,(H4-,19,20,21,23,24,25,27,28)/p+1. The van der Waals surface area contributed by atoms with Crippen LogP contribution in [0.5, 0.6) is 0 Å². The number of carbonyl (C=O) groups excluding carboxylic acids is 4. The molecule has 0 aromatic rings. The molecule has 0 saturated carbocycles. The van der Waals surface area contributed by atoms with Gasteiger partial charge in [0, 0.05) is 37.6 Å². The minimum Gasteiger partial charge on any atom is -0.348 e. The average molecular weight is 434 g/mol. The third-order valence-corrected chi connectivity index (χ3v) is 4.50. The Morgan fingerprint density at radius 2 is 1.46 bits per heavy atom. The van der Waals surface area contributed by atoms with E-state index < -0.39 is 23.6 Å². The molecule has 0 aliphatic rings. The van der Waals surface area contributed by atoms with E-state index >= 15 is 0 Å². The maximum absolute atomic E-state index is 11.9. The van der Waals surface area contributed by atoms with E-state index in [2.05, 4.69) is 47.9 Å². The molecule has 0 heterocycles. The molecule has 0 radical (unpaired) electrons. The van der Waals surface area contributed by atoms with Crippen LogP contribution in [0.1, 0.15) is 33.6 Å². The maximum atomic E-state index is 11.9. The van der Waals surface area contributed by atoms with E-state index in [1.807, 2.05) is 20.8 Å². The molecule has 0 aliphatic carbocycles. The zero-order valence-electron chi connectivity index (χ0n) is 16.9. The topological polar surface area (TPSA) is 107 Å². The van der Waals surface area contributed by atoms with Gasteiger partial charge in [-0.3, -0.25) is 14.4 Å². The van der Waals surface area contributed by atoms with Gasteiger partial charge in [-0.15, -0.1) is 0 Å². The van der Waals surface area contributed by atoms with Gasteiger partial charge in [0.15, 0.2) is 6.54 Å². The van der Waals surface area contributed by atoms with Crippen LogP contribution in [0.15, 0.2) is 0 Å². The van der Waals surface area contributed by atoms with Crippen LogP contribution in [0, 0.1) is 11.3 Å². The van der Waals surface area contributed by atoms with Gasteiger partial charge in [-0.2, -0.15) is 29.8 Å². The summed E-state index contributed by atoms with van der Waals surface area (Å²) in [6.07, 6.45) is 1.40. The van der Waals surface area contributed by atoms with E-state index in [9.17, 15) is 19.2 Å². The van der Waals surface area contributed by atoms with Gasteiger partial charge in [0.05, 0.1) is 0 Å². The summed E-state index contributed by atoms with van der Waals surface area (Å²) in [5, 5.41) is 7.55. The lowest BCUT2D eigenvalue weighted by Crippen LogP contribution is -2.42. The molecule has 0 spiro atoms. The van der Waals surface area contributed by atoms with E-state index in [0.29, 0.717) is 44.1 Å². The highest BCUT2D eigenvalue weighted by Crippen LogP contribution is 2.29. The van der Waals surface area contributed by atoms with Crippen molar-refractivity contribution >= 4 is 55.6 Å². The van der Waals surface area contributed by atoms with Crippen molar-refractivity contribution in [3.05, 3.63) is 0 Å². The molecule has 28 heavy (non-hydrogen) atoms. The number of carbonyl (C=O) groups is 4. The van der Waals surface area contributed by atoms with Gasteiger partial charge in [-0.25, -0.2) is 4.79 Å². The molecule has 0 bridgehead atoms. The maximum Gasteiger partial charge on any atom is 0.476 e. The van der Waals surface area contributed by atoms with Crippen molar-refractivity contribution in [3.63, 3.8) is 0 Å². The number of nitrogens with one attached hydrogen (secondary N) is 3. The third-order valence-electron chi connectivity index (χ3n) is 4.05. The van der Waals surface area contributed by atoms with Gasteiger partial charge in [0.2, 0.25) is 0 Å². The molecule has 0 aromatic carbocycles. The van der Waals surface area contributed by atoms with Crippen molar-refractivity contribution in [2.45, 2.75) is 33.6 Å². The second kappa shape index (κ2) is 13.6. The molecule has 160 valence electrons. The molecule has 1 atom stereocenters.